The Balaban J connectivity index is 0.00000147. The van der Waals surface area contributed by atoms with Crippen molar-refractivity contribution in [2.45, 2.75) is 24.9 Å². The van der Waals surface area contributed by atoms with Gasteiger partial charge < -0.3 is 6.15 Å². The van der Waals surface area contributed by atoms with Crippen LogP contribution in [-0.2, 0) is 6.18 Å². The highest BCUT2D eigenvalue weighted by molar-refractivity contribution is 5.60. The molecule has 106 valence electrons. The van der Waals surface area contributed by atoms with Crippen molar-refractivity contribution in [2.24, 2.45) is 0 Å². The van der Waals surface area contributed by atoms with Crippen molar-refractivity contribution in [3.63, 3.8) is 0 Å². The molecular weight excluding hydrogens is 265 g/mol. The standard InChI is InChI=1S/C15H12F3N.H3N/c16-15(17,18)13-3-1-2-11(8-13)14-7-6-12(9-19-14)10-4-5-10;/h1-3,6-10H,4-5H2;1H3. The molecule has 1 aliphatic rings. The van der Waals surface area contributed by atoms with E-state index in [2.05, 4.69) is 4.98 Å². The first-order chi connectivity index (χ1) is 9.04. The van der Waals surface area contributed by atoms with Gasteiger partial charge in [0.2, 0.25) is 0 Å². The summed E-state index contributed by atoms with van der Waals surface area (Å²) in [7, 11) is 0. The average molecular weight is 280 g/mol. The van der Waals surface area contributed by atoms with E-state index >= 15 is 0 Å². The van der Waals surface area contributed by atoms with Crippen molar-refractivity contribution < 1.29 is 13.2 Å². The topological polar surface area (TPSA) is 47.9 Å². The molecule has 2 aromatic rings. The number of pyridine rings is 1. The van der Waals surface area contributed by atoms with Crippen molar-refractivity contribution in [1.82, 2.24) is 11.1 Å². The Labute approximate surface area is 115 Å². The molecular formula is C15H15F3N2. The first-order valence-corrected chi connectivity index (χ1v) is 6.17. The normalized spacial score (nSPS) is 14.8. The van der Waals surface area contributed by atoms with E-state index in [1.165, 1.54) is 24.5 Å². The van der Waals surface area contributed by atoms with Gasteiger partial charge in [-0.1, -0.05) is 18.2 Å². The molecule has 0 aliphatic heterocycles. The fourth-order valence-electron chi connectivity index (χ4n) is 2.09. The van der Waals surface area contributed by atoms with Crippen molar-refractivity contribution in [3.05, 3.63) is 53.7 Å². The lowest BCUT2D eigenvalue weighted by Gasteiger charge is -2.08. The van der Waals surface area contributed by atoms with E-state index in [0.29, 0.717) is 17.2 Å². The second kappa shape index (κ2) is 5.25. The highest BCUT2D eigenvalue weighted by Gasteiger charge is 2.30. The van der Waals surface area contributed by atoms with Gasteiger partial charge in [-0.05, 0) is 42.5 Å². The molecule has 1 fully saturated rings. The van der Waals surface area contributed by atoms with Gasteiger partial charge in [0.05, 0.1) is 11.3 Å². The first-order valence-electron chi connectivity index (χ1n) is 6.17. The van der Waals surface area contributed by atoms with Gasteiger partial charge in [0.15, 0.2) is 0 Å². The maximum Gasteiger partial charge on any atom is 0.416 e. The number of benzene rings is 1. The number of nitrogens with zero attached hydrogens (tertiary/aromatic N) is 1. The van der Waals surface area contributed by atoms with E-state index in [-0.39, 0.29) is 6.15 Å². The maximum atomic E-state index is 12.6. The van der Waals surface area contributed by atoms with Crippen molar-refractivity contribution in [1.29, 1.82) is 0 Å². The van der Waals surface area contributed by atoms with Gasteiger partial charge in [-0.2, -0.15) is 13.2 Å². The van der Waals surface area contributed by atoms with Crippen LogP contribution in [0.4, 0.5) is 13.2 Å². The lowest BCUT2D eigenvalue weighted by atomic mass is 10.1. The first kappa shape index (κ1) is 14.5. The summed E-state index contributed by atoms with van der Waals surface area (Å²) in [6.45, 7) is 0. The molecule has 0 atom stereocenters. The predicted octanol–water partition coefficient (Wildman–Crippen LogP) is 4.81. The zero-order valence-electron chi connectivity index (χ0n) is 10.8. The lowest BCUT2D eigenvalue weighted by molar-refractivity contribution is -0.137. The van der Waals surface area contributed by atoms with E-state index in [1.807, 2.05) is 6.07 Å². The fraction of sp³-hybridized carbons (Fsp3) is 0.267. The lowest BCUT2D eigenvalue weighted by Crippen LogP contribution is -2.04. The maximum absolute atomic E-state index is 12.6. The Bertz CT molecular complexity index is 587. The van der Waals surface area contributed by atoms with Gasteiger partial charge in [0.1, 0.15) is 0 Å². The number of halogens is 3. The molecule has 3 N–H and O–H groups in total. The summed E-state index contributed by atoms with van der Waals surface area (Å²) < 4.78 is 37.9. The van der Waals surface area contributed by atoms with Gasteiger partial charge in [0.25, 0.3) is 0 Å². The number of hydrogen-bond acceptors (Lipinski definition) is 2. The quantitative estimate of drug-likeness (QED) is 0.858. The summed E-state index contributed by atoms with van der Waals surface area (Å²) in [5, 5.41) is 0. The number of rotatable bonds is 2. The summed E-state index contributed by atoms with van der Waals surface area (Å²) in [5.41, 5.74) is 1.61. The minimum Gasteiger partial charge on any atom is -0.344 e. The molecule has 1 aliphatic carbocycles. The van der Waals surface area contributed by atoms with Gasteiger partial charge in [-0.3, -0.25) is 4.98 Å². The van der Waals surface area contributed by atoms with E-state index < -0.39 is 11.7 Å². The van der Waals surface area contributed by atoms with E-state index in [0.717, 1.165) is 12.1 Å². The van der Waals surface area contributed by atoms with Crippen LogP contribution in [0.25, 0.3) is 11.3 Å². The van der Waals surface area contributed by atoms with Crippen LogP contribution in [0, 0.1) is 0 Å². The molecule has 0 bridgehead atoms. The zero-order chi connectivity index (χ0) is 13.5. The highest BCUT2D eigenvalue weighted by Crippen LogP contribution is 2.40. The Morgan fingerprint density at radius 1 is 1.05 bits per heavy atom. The monoisotopic (exact) mass is 280 g/mol. The van der Waals surface area contributed by atoms with Crippen LogP contribution in [-0.4, -0.2) is 4.98 Å². The molecule has 1 aromatic heterocycles. The highest BCUT2D eigenvalue weighted by atomic mass is 19.4. The average Bonchev–Trinajstić information content (AvgIpc) is 3.22. The Morgan fingerprint density at radius 2 is 1.80 bits per heavy atom. The summed E-state index contributed by atoms with van der Waals surface area (Å²) in [6, 6.07) is 9.02. The third-order valence-corrected chi connectivity index (χ3v) is 3.32. The molecule has 0 spiro atoms. The van der Waals surface area contributed by atoms with Gasteiger partial charge in [-0.15, -0.1) is 0 Å². The minimum absolute atomic E-state index is 0. The smallest absolute Gasteiger partial charge is 0.344 e. The number of hydrogen-bond donors (Lipinski definition) is 1. The summed E-state index contributed by atoms with van der Waals surface area (Å²) in [5.74, 6) is 0.600. The molecule has 0 radical (unpaired) electrons. The molecule has 2 nitrogen and oxygen atoms in total. The SMILES string of the molecule is FC(F)(F)c1cccc(-c2ccc(C3CC3)cn2)c1.N. The van der Waals surface area contributed by atoms with Gasteiger partial charge in [-0.25, -0.2) is 0 Å². The molecule has 3 rings (SSSR count). The van der Waals surface area contributed by atoms with E-state index in [9.17, 15) is 13.2 Å². The van der Waals surface area contributed by atoms with E-state index in [4.69, 9.17) is 0 Å². The molecule has 0 unspecified atom stereocenters. The van der Waals surface area contributed by atoms with Crippen molar-refractivity contribution in [2.75, 3.05) is 0 Å². The van der Waals surface area contributed by atoms with Crippen LogP contribution in [0.1, 0.15) is 29.9 Å². The number of aromatic nitrogens is 1. The third kappa shape index (κ3) is 2.99. The van der Waals surface area contributed by atoms with Crippen LogP contribution in [0.3, 0.4) is 0 Å². The van der Waals surface area contributed by atoms with Crippen LogP contribution >= 0.6 is 0 Å². The predicted molar refractivity (Wildman–Crippen MR) is 71.7 cm³/mol. The van der Waals surface area contributed by atoms with Crippen LogP contribution in [0.2, 0.25) is 0 Å². The van der Waals surface area contributed by atoms with Crippen molar-refractivity contribution in [3.8, 4) is 11.3 Å². The van der Waals surface area contributed by atoms with Crippen LogP contribution in [0.5, 0.6) is 0 Å². The van der Waals surface area contributed by atoms with Crippen LogP contribution < -0.4 is 6.15 Å². The second-order valence-electron chi connectivity index (χ2n) is 4.83. The molecule has 1 aromatic carbocycles. The molecule has 20 heavy (non-hydrogen) atoms. The van der Waals surface area contributed by atoms with E-state index in [1.54, 1.807) is 18.3 Å². The largest absolute Gasteiger partial charge is 0.416 e. The van der Waals surface area contributed by atoms with Gasteiger partial charge in [0, 0.05) is 11.8 Å². The Hall–Kier alpha value is -1.88. The molecule has 1 saturated carbocycles. The van der Waals surface area contributed by atoms with Gasteiger partial charge >= 0.3 is 6.18 Å². The molecule has 1 heterocycles. The van der Waals surface area contributed by atoms with Crippen molar-refractivity contribution >= 4 is 0 Å². The third-order valence-electron chi connectivity index (χ3n) is 3.32. The molecule has 0 saturated heterocycles. The zero-order valence-corrected chi connectivity index (χ0v) is 10.8. The van der Waals surface area contributed by atoms with Crippen LogP contribution in [0.15, 0.2) is 42.6 Å². The number of alkyl halides is 3. The Morgan fingerprint density at radius 3 is 2.35 bits per heavy atom. The Kier molecular flexibility index (Phi) is 3.81. The molecule has 0 amide bonds. The summed E-state index contributed by atoms with van der Waals surface area (Å²) >= 11 is 0. The fourth-order valence-corrected chi connectivity index (χ4v) is 2.09. The second-order valence-corrected chi connectivity index (χ2v) is 4.83. The minimum atomic E-state index is -4.32. The molecule has 5 heteroatoms. The summed E-state index contributed by atoms with van der Waals surface area (Å²) in [6.07, 6.45) is -0.174. The summed E-state index contributed by atoms with van der Waals surface area (Å²) in [4.78, 5) is 4.27.